The maximum atomic E-state index is 13.7. The van der Waals surface area contributed by atoms with Crippen LogP contribution < -0.4 is 11.1 Å². The molecule has 4 nitrogen and oxygen atoms in total. The number of rotatable bonds is 4. The highest BCUT2D eigenvalue weighted by molar-refractivity contribution is 7.80. The van der Waals surface area contributed by atoms with Crippen molar-refractivity contribution in [1.29, 1.82) is 0 Å². The first kappa shape index (κ1) is 13.4. The number of thiocarbonyl (C=S) groups is 1. The molecule has 0 aliphatic heterocycles. The molecule has 0 aliphatic carbocycles. The number of aromatic nitrogens is 1. The Bertz CT molecular complexity index is 627. The summed E-state index contributed by atoms with van der Waals surface area (Å²) in [5, 5.41) is 2.69. The standard InChI is InChI=1S/C12H11F2N3OS/c1-6-4-17-9(18-6)5-16-8-3-2-7(12(15)19)10(13)11(8)14/h2-4,16H,5H2,1H3,(H2,15,19). The Hall–Kier alpha value is -2.02. The molecule has 19 heavy (non-hydrogen) atoms. The number of nitrogens with two attached hydrogens (primary N) is 1. The molecule has 0 fully saturated rings. The zero-order chi connectivity index (χ0) is 14.0. The molecule has 0 amide bonds. The number of anilines is 1. The van der Waals surface area contributed by atoms with Crippen molar-refractivity contribution in [2.45, 2.75) is 13.5 Å². The maximum absolute atomic E-state index is 13.7. The molecule has 0 saturated heterocycles. The molecule has 0 aliphatic rings. The van der Waals surface area contributed by atoms with Gasteiger partial charge in [-0.2, -0.15) is 0 Å². The normalized spacial score (nSPS) is 10.5. The quantitative estimate of drug-likeness (QED) is 0.844. The zero-order valence-electron chi connectivity index (χ0n) is 10.0. The van der Waals surface area contributed by atoms with Gasteiger partial charge in [0.05, 0.1) is 18.4 Å². The lowest BCUT2D eigenvalue weighted by molar-refractivity contribution is 0.477. The van der Waals surface area contributed by atoms with E-state index >= 15 is 0 Å². The van der Waals surface area contributed by atoms with Gasteiger partial charge in [0.1, 0.15) is 10.7 Å². The van der Waals surface area contributed by atoms with E-state index in [1.165, 1.54) is 12.1 Å². The summed E-state index contributed by atoms with van der Waals surface area (Å²) in [6, 6.07) is 2.69. The van der Waals surface area contributed by atoms with Crippen LogP contribution in [0.3, 0.4) is 0 Å². The third kappa shape index (κ3) is 2.87. The minimum Gasteiger partial charge on any atom is -0.444 e. The SMILES string of the molecule is Cc1cnc(CNc2ccc(C(N)=S)c(F)c2F)o1. The fourth-order valence-electron chi connectivity index (χ4n) is 1.53. The van der Waals surface area contributed by atoms with Gasteiger partial charge >= 0.3 is 0 Å². The Morgan fingerprint density at radius 3 is 2.74 bits per heavy atom. The molecule has 0 saturated carbocycles. The molecule has 0 spiro atoms. The van der Waals surface area contributed by atoms with E-state index in [-0.39, 0.29) is 22.8 Å². The number of nitrogens with one attached hydrogen (secondary N) is 1. The molecule has 0 atom stereocenters. The van der Waals surface area contributed by atoms with Gasteiger partial charge in [-0.3, -0.25) is 0 Å². The van der Waals surface area contributed by atoms with Gasteiger partial charge in [-0.05, 0) is 19.1 Å². The van der Waals surface area contributed by atoms with Crippen molar-refractivity contribution in [3.8, 4) is 0 Å². The second-order valence-electron chi connectivity index (χ2n) is 3.87. The summed E-state index contributed by atoms with van der Waals surface area (Å²) in [4.78, 5) is 3.75. The van der Waals surface area contributed by atoms with Crippen LogP contribution in [0.2, 0.25) is 0 Å². The summed E-state index contributed by atoms with van der Waals surface area (Å²) in [5.41, 5.74) is 5.15. The van der Waals surface area contributed by atoms with Crippen molar-refractivity contribution < 1.29 is 13.2 Å². The van der Waals surface area contributed by atoms with Crippen molar-refractivity contribution in [3.63, 3.8) is 0 Å². The molecule has 1 aromatic carbocycles. The number of benzene rings is 1. The molecule has 0 bridgehead atoms. The minimum atomic E-state index is -1.07. The van der Waals surface area contributed by atoms with E-state index in [1.54, 1.807) is 13.1 Å². The van der Waals surface area contributed by atoms with Gasteiger partial charge in [-0.25, -0.2) is 13.8 Å². The van der Waals surface area contributed by atoms with Crippen LogP contribution >= 0.6 is 12.2 Å². The molecule has 2 aromatic rings. The van der Waals surface area contributed by atoms with E-state index in [0.29, 0.717) is 11.7 Å². The largest absolute Gasteiger partial charge is 0.444 e. The number of nitrogens with zero attached hydrogens (tertiary/aromatic N) is 1. The first-order valence-corrected chi connectivity index (χ1v) is 5.83. The predicted molar refractivity (Wildman–Crippen MR) is 70.8 cm³/mol. The number of hydrogen-bond acceptors (Lipinski definition) is 4. The summed E-state index contributed by atoms with van der Waals surface area (Å²) < 4.78 is 32.6. The second-order valence-corrected chi connectivity index (χ2v) is 4.31. The molecule has 0 unspecified atom stereocenters. The molecule has 0 radical (unpaired) electrons. The smallest absolute Gasteiger partial charge is 0.213 e. The highest BCUT2D eigenvalue weighted by Gasteiger charge is 2.15. The highest BCUT2D eigenvalue weighted by Crippen LogP contribution is 2.21. The lowest BCUT2D eigenvalue weighted by atomic mass is 10.2. The van der Waals surface area contributed by atoms with E-state index in [1.807, 2.05) is 0 Å². The number of hydrogen-bond donors (Lipinski definition) is 2. The third-order valence-corrected chi connectivity index (χ3v) is 2.67. The van der Waals surface area contributed by atoms with Gasteiger partial charge in [-0.1, -0.05) is 12.2 Å². The average Bonchev–Trinajstić information content (AvgIpc) is 2.76. The molecule has 1 aromatic heterocycles. The summed E-state index contributed by atoms with van der Waals surface area (Å²) >= 11 is 4.62. The monoisotopic (exact) mass is 283 g/mol. The molecule has 7 heteroatoms. The molecule has 3 N–H and O–H groups in total. The van der Waals surface area contributed by atoms with Gasteiger partial charge in [0, 0.05) is 5.56 Å². The lowest BCUT2D eigenvalue weighted by Crippen LogP contribution is -2.14. The Labute approximate surface area is 113 Å². The molecular weight excluding hydrogens is 272 g/mol. The maximum Gasteiger partial charge on any atom is 0.213 e. The van der Waals surface area contributed by atoms with Crippen molar-refractivity contribution in [3.05, 3.63) is 47.2 Å². The van der Waals surface area contributed by atoms with E-state index in [0.717, 1.165) is 0 Å². The van der Waals surface area contributed by atoms with Crippen molar-refractivity contribution in [2.75, 3.05) is 5.32 Å². The van der Waals surface area contributed by atoms with Gasteiger partial charge in [0.25, 0.3) is 0 Å². The van der Waals surface area contributed by atoms with E-state index in [2.05, 4.69) is 22.5 Å². The Morgan fingerprint density at radius 1 is 1.42 bits per heavy atom. The molecule has 1 heterocycles. The number of aryl methyl sites for hydroxylation is 1. The minimum absolute atomic E-state index is 0.00615. The number of oxazole rings is 1. The average molecular weight is 283 g/mol. The summed E-state index contributed by atoms with van der Waals surface area (Å²) in [6.45, 7) is 1.89. The van der Waals surface area contributed by atoms with Crippen LogP contribution in [0.5, 0.6) is 0 Å². The van der Waals surface area contributed by atoms with Crippen LogP contribution in [-0.2, 0) is 6.54 Å². The van der Waals surface area contributed by atoms with Crippen molar-refractivity contribution >= 4 is 22.9 Å². The van der Waals surface area contributed by atoms with E-state index in [4.69, 9.17) is 10.2 Å². The Balaban J connectivity index is 2.17. The summed E-state index contributed by atoms with van der Waals surface area (Å²) in [5.74, 6) is -1.07. The molecule has 2 rings (SSSR count). The van der Waals surface area contributed by atoms with Crippen LogP contribution in [0.1, 0.15) is 17.2 Å². The lowest BCUT2D eigenvalue weighted by Gasteiger charge is -2.08. The molecule has 100 valence electrons. The van der Waals surface area contributed by atoms with Crippen LogP contribution in [0, 0.1) is 18.6 Å². The van der Waals surface area contributed by atoms with Crippen LogP contribution in [0.25, 0.3) is 0 Å². The Morgan fingerprint density at radius 2 is 2.16 bits per heavy atom. The van der Waals surface area contributed by atoms with Crippen molar-refractivity contribution in [1.82, 2.24) is 4.98 Å². The Kier molecular flexibility index (Phi) is 3.75. The van der Waals surface area contributed by atoms with Crippen LogP contribution in [0.4, 0.5) is 14.5 Å². The first-order valence-electron chi connectivity index (χ1n) is 5.42. The van der Waals surface area contributed by atoms with Gasteiger partial charge in [0.15, 0.2) is 11.6 Å². The summed E-state index contributed by atoms with van der Waals surface area (Å²) in [6.07, 6.45) is 1.55. The zero-order valence-corrected chi connectivity index (χ0v) is 10.9. The predicted octanol–water partition coefficient (Wildman–Crippen LogP) is 2.51. The topological polar surface area (TPSA) is 64.1 Å². The van der Waals surface area contributed by atoms with Crippen molar-refractivity contribution in [2.24, 2.45) is 5.73 Å². The van der Waals surface area contributed by atoms with Gasteiger partial charge in [-0.15, -0.1) is 0 Å². The second kappa shape index (κ2) is 5.31. The van der Waals surface area contributed by atoms with Gasteiger partial charge < -0.3 is 15.5 Å². The fraction of sp³-hybridized carbons (Fsp3) is 0.167. The molecular formula is C12H11F2N3OS. The third-order valence-electron chi connectivity index (χ3n) is 2.45. The van der Waals surface area contributed by atoms with E-state index < -0.39 is 11.6 Å². The van der Waals surface area contributed by atoms with E-state index in [9.17, 15) is 8.78 Å². The fourth-order valence-corrected chi connectivity index (χ4v) is 1.69. The number of halogens is 2. The highest BCUT2D eigenvalue weighted by atomic mass is 32.1. The van der Waals surface area contributed by atoms with Crippen LogP contribution in [0.15, 0.2) is 22.7 Å². The van der Waals surface area contributed by atoms with Gasteiger partial charge in [0.2, 0.25) is 5.89 Å². The van der Waals surface area contributed by atoms with Crippen LogP contribution in [-0.4, -0.2) is 9.97 Å². The summed E-state index contributed by atoms with van der Waals surface area (Å²) in [7, 11) is 0. The first-order chi connectivity index (χ1) is 8.99.